The van der Waals surface area contributed by atoms with Crippen molar-refractivity contribution in [1.82, 2.24) is 4.57 Å². The number of fused-ring (bicyclic) bond motifs is 1. The molecule has 3 aromatic carbocycles. The Morgan fingerprint density at radius 1 is 1.08 bits per heavy atom. The Hall–Kier alpha value is -3.59. The fraction of sp³-hybridized carbons (Fsp3) is 0.259. The average Bonchev–Trinajstić information content (AvgIpc) is 3.11. The molecule has 0 aliphatic carbocycles. The predicted molar refractivity (Wildman–Crippen MR) is 131 cm³/mol. The number of alkyl halides is 3. The molecular weight excluding hydrogens is 514 g/mol. The summed E-state index contributed by atoms with van der Waals surface area (Å²) >= 11 is 6.47. The Balaban J connectivity index is 1.73. The van der Waals surface area contributed by atoms with Gasteiger partial charge in [-0.3, -0.25) is 4.57 Å². The van der Waals surface area contributed by atoms with Gasteiger partial charge < -0.3 is 9.15 Å². The lowest BCUT2D eigenvalue weighted by molar-refractivity contribution is -0.154. The molecule has 0 fully saturated rings. The summed E-state index contributed by atoms with van der Waals surface area (Å²) in [5.74, 6) is -5.26. The van der Waals surface area contributed by atoms with Crippen molar-refractivity contribution in [2.24, 2.45) is 7.05 Å². The molecule has 37 heavy (non-hydrogen) atoms. The molecule has 0 amide bonds. The Labute approximate surface area is 214 Å². The van der Waals surface area contributed by atoms with Crippen LogP contribution in [0.3, 0.4) is 0 Å². The fourth-order valence-corrected chi connectivity index (χ4v) is 4.78. The summed E-state index contributed by atoms with van der Waals surface area (Å²) in [6.07, 6.45) is -4.62. The molecule has 10 heteroatoms. The van der Waals surface area contributed by atoms with Gasteiger partial charge in [-0.1, -0.05) is 42.8 Å². The molecule has 0 spiro atoms. The number of halogens is 5. The molecule has 0 N–H and O–H groups in total. The highest BCUT2D eigenvalue weighted by atomic mass is 35.5. The second kappa shape index (κ2) is 10.0. The van der Waals surface area contributed by atoms with E-state index in [1.807, 2.05) is 0 Å². The minimum atomic E-state index is -4.62. The number of carbonyl (C=O) groups excluding carboxylic acids is 1. The Kier molecular flexibility index (Phi) is 7.19. The van der Waals surface area contributed by atoms with Crippen LogP contribution in [0.1, 0.15) is 47.2 Å². The molecule has 0 radical (unpaired) electrons. The standard InChI is InChI=1S/C27H22ClF4NO4/c1-4-36-25(34)19-11-15(6-9-21(19)29)16-5-8-18(20(28)12-16)14(2)24(27(30,31)32)17-7-10-23-22(13-17)33(3)26(35)37-23/h5-14,24H,4H2,1-3H3. The molecule has 2 atom stereocenters. The molecule has 0 aliphatic heterocycles. The van der Waals surface area contributed by atoms with E-state index < -0.39 is 35.6 Å². The van der Waals surface area contributed by atoms with E-state index >= 15 is 0 Å². The van der Waals surface area contributed by atoms with Gasteiger partial charge in [0.05, 0.1) is 23.6 Å². The molecule has 4 aromatic rings. The van der Waals surface area contributed by atoms with Crippen LogP contribution in [-0.4, -0.2) is 23.3 Å². The molecule has 2 unspecified atom stereocenters. The van der Waals surface area contributed by atoms with Gasteiger partial charge in [0, 0.05) is 12.1 Å². The van der Waals surface area contributed by atoms with Crippen molar-refractivity contribution in [3.63, 3.8) is 0 Å². The molecule has 194 valence electrons. The zero-order valence-corrected chi connectivity index (χ0v) is 20.8. The molecule has 4 rings (SSSR count). The first-order valence-electron chi connectivity index (χ1n) is 11.3. The van der Waals surface area contributed by atoms with Gasteiger partial charge in [0.25, 0.3) is 0 Å². The third-order valence-corrected chi connectivity index (χ3v) is 6.64. The highest BCUT2D eigenvalue weighted by Gasteiger charge is 2.45. The highest BCUT2D eigenvalue weighted by Crippen LogP contribution is 2.47. The topological polar surface area (TPSA) is 61.4 Å². The number of aromatic nitrogens is 1. The molecule has 0 saturated carbocycles. The monoisotopic (exact) mass is 535 g/mol. The largest absolute Gasteiger partial charge is 0.462 e. The van der Waals surface area contributed by atoms with Crippen LogP contribution in [-0.2, 0) is 11.8 Å². The average molecular weight is 536 g/mol. The molecule has 0 saturated heterocycles. The molecule has 1 heterocycles. The van der Waals surface area contributed by atoms with Gasteiger partial charge in [0.15, 0.2) is 5.58 Å². The first kappa shape index (κ1) is 26.5. The van der Waals surface area contributed by atoms with Crippen molar-refractivity contribution in [2.75, 3.05) is 6.61 Å². The number of aryl methyl sites for hydroxylation is 1. The van der Waals surface area contributed by atoms with Crippen molar-refractivity contribution in [1.29, 1.82) is 0 Å². The van der Waals surface area contributed by atoms with Gasteiger partial charge in [0.2, 0.25) is 0 Å². The number of rotatable bonds is 6. The van der Waals surface area contributed by atoms with Crippen LogP contribution in [0.25, 0.3) is 22.2 Å². The van der Waals surface area contributed by atoms with E-state index in [1.165, 1.54) is 56.4 Å². The molecule has 1 aromatic heterocycles. The zero-order chi connectivity index (χ0) is 27.1. The smallest absolute Gasteiger partial charge is 0.419 e. The van der Waals surface area contributed by atoms with Gasteiger partial charge >= 0.3 is 17.9 Å². The van der Waals surface area contributed by atoms with Crippen molar-refractivity contribution < 1.29 is 31.5 Å². The number of benzene rings is 3. The number of ether oxygens (including phenoxy) is 1. The molecular formula is C27H22ClF4NO4. The van der Waals surface area contributed by atoms with Gasteiger partial charge in [0.1, 0.15) is 5.82 Å². The van der Waals surface area contributed by atoms with Gasteiger partial charge in [-0.05, 0) is 65.4 Å². The maximum atomic E-state index is 14.3. The Morgan fingerprint density at radius 3 is 2.41 bits per heavy atom. The summed E-state index contributed by atoms with van der Waals surface area (Å²) in [6, 6.07) is 12.3. The summed E-state index contributed by atoms with van der Waals surface area (Å²) in [5, 5.41) is 0.0815. The quantitative estimate of drug-likeness (QED) is 0.193. The summed E-state index contributed by atoms with van der Waals surface area (Å²) in [6.45, 7) is 3.10. The summed E-state index contributed by atoms with van der Waals surface area (Å²) in [5.41, 5.74) is 1.33. The SMILES string of the molecule is CCOC(=O)c1cc(-c2ccc(C(C)C(c3ccc4oc(=O)n(C)c4c3)C(F)(F)F)c(Cl)c2)ccc1F. The third kappa shape index (κ3) is 5.13. The second-order valence-electron chi connectivity index (χ2n) is 8.61. The normalized spacial score (nSPS) is 13.5. The lowest BCUT2D eigenvalue weighted by atomic mass is 9.81. The van der Waals surface area contributed by atoms with Crippen molar-refractivity contribution >= 4 is 28.7 Å². The Bertz CT molecular complexity index is 1540. The molecule has 5 nitrogen and oxygen atoms in total. The van der Waals surface area contributed by atoms with Crippen LogP contribution in [0, 0.1) is 5.82 Å². The summed E-state index contributed by atoms with van der Waals surface area (Å²) < 4.78 is 68.2. The number of hydrogen-bond acceptors (Lipinski definition) is 4. The van der Waals surface area contributed by atoms with E-state index in [0.29, 0.717) is 11.1 Å². The summed E-state index contributed by atoms with van der Waals surface area (Å²) in [4.78, 5) is 23.8. The lowest BCUT2D eigenvalue weighted by Gasteiger charge is -2.28. The maximum absolute atomic E-state index is 14.3. The van der Waals surface area contributed by atoms with Gasteiger partial charge in [-0.15, -0.1) is 0 Å². The van der Waals surface area contributed by atoms with Crippen LogP contribution in [0.15, 0.2) is 63.8 Å². The lowest BCUT2D eigenvalue weighted by Crippen LogP contribution is -2.26. The van der Waals surface area contributed by atoms with Crippen molar-refractivity contribution in [3.05, 3.63) is 92.7 Å². The highest BCUT2D eigenvalue weighted by molar-refractivity contribution is 6.31. The van der Waals surface area contributed by atoms with Crippen molar-refractivity contribution in [2.45, 2.75) is 31.9 Å². The number of carbonyl (C=O) groups is 1. The van der Waals surface area contributed by atoms with Crippen molar-refractivity contribution in [3.8, 4) is 11.1 Å². The Morgan fingerprint density at radius 2 is 1.76 bits per heavy atom. The van der Waals surface area contributed by atoms with Gasteiger partial charge in [-0.25, -0.2) is 14.0 Å². The van der Waals surface area contributed by atoms with Gasteiger partial charge in [-0.2, -0.15) is 13.2 Å². The number of nitrogens with zero attached hydrogens (tertiary/aromatic N) is 1. The number of hydrogen-bond donors (Lipinski definition) is 0. The van der Waals surface area contributed by atoms with E-state index in [4.69, 9.17) is 20.8 Å². The molecule has 0 bridgehead atoms. The van der Waals surface area contributed by atoms with E-state index in [-0.39, 0.29) is 39.4 Å². The third-order valence-electron chi connectivity index (χ3n) is 6.31. The van der Waals surface area contributed by atoms with Crippen LogP contribution in [0.5, 0.6) is 0 Å². The zero-order valence-electron chi connectivity index (χ0n) is 20.0. The van der Waals surface area contributed by atoms with Crippen LogP contribution in [0.4, 0.5) is 17.6 Å². The number of esters is 1. The first-order valence-corrected chi connectivity index (χ1v) is 11.7. The van der Waals surface area contributed by atoms with Crippen LogP contribution >= 0.6 is 11.6 Å². The van der Waals surface area contributed by atoms with E-state index in [0.717, 1.165) is 10.6 Å². The maximum Gasteiger partial charge on any atom is 0.419 e. The number of oxazole rings is 1. The summed E-state index contributed by atoms with van der Waals surface area (Å²) in [7, 11) is 1.42. The van der Waals surface area contributed by atoms with Crippen LogP contribution in [0.2, 0.25) is 5.02 Å². The van der Waals surface area contributed by atoms with E-state index in [1.54, 1.807) is 13.0 Å². The second-order valence-corrected chi connectivity index (χ2v) is 9.02. The van der Waals surface area contributed by atoms with Crippen LogP contribution < -0.4 is 5.76 Å². The minimum Gasteiger partial charge on any atom is -0.462 e. The fourth-order valence-electron chi connectivity index (χ4n) is 4.42. The predicted octanol–water partition coefficient (Wildman–Crippen LogP) is 7.22. The molecule has 0 aliphatic rings. The van der Waals surface area contributed by atoms with E-state index in [9.17, 15) is 27.2 Å². The van der Waals surface area contributed by atoms with E-state index in [2.05, 4.69) is 0 Å². The minimum absolute atomic E-state index is 0.0401. The first-order chi connectivity index (χ1) is 17.4.